The Kier molecular flexibility index (Phi) is 3.91. The van der Waals surface area contributed by atoms with Gasteiger partial charge in [-0.25, -0.2) is 4.39 Å². The standard InChI is InChI=1S/C12H15F2NO2/c1-15-9-5-6-16-7-11(9)17-10-4-2-3-8(13)12(10)14/h2-4,9,11,15H,5-7H2,1H3. The van der Waals surface area contributed by atoms with Crippen LogP contribution in [0.2, 0.25) is 0 Å². The van der Waals surface area contributed by atoms with Crippen LogP contribution >= 0.6 is 0 Å². The average molecular weight is 243 g/mol. The van der Waals surface area contributed by atoms with Crippen LogP contribution < -0.4 is 10.1 Å². The van der Waals surface area contributed by atoms with Gasteiger partial charge in [-0.3, -0.25) is 0 Å². The van der Waals surface area contributed by atoms with Gasteiger partial charge in [0.1, 0.15) is 6.10 Å². The number of likely N-dealkylation sites (N-methyl/N-ethyl adjacent to an activating group) is 1. The molecule has 2 unspecified atom stereocenters. The second-order valence-corrected chi connectivity index (χ2v) is 3.97. The highest BCUT2D eigenvalue weighted by atomic mass is 19.2. The normalized spacial score (nSPS) is 24.6. The third-order valence-electron chi connectivity index (χ3n) is 2.87. The molecule has 2 rings (SSSR count). The first-order valence-electron chi connectivity index (χ1n) is 5.58. The number of hydrogen-bond donors (Lipinski definition) is 1. The summed E-state index contributed by atoms with van der Waals surface area (Å²) in [5.74, 6) is -1.92. The Hall–Kier alpha value is -1.20. The fourth-order valence-corrected chi connectivity index (χ4v) is 1.90. The van der Waals surface area contributed by atoms with E-state index in [1.165, 1.54) is 12.1 Å². The summed E-state index contributed by atoms with van der Waals surface area (Å²) in [6.07, 6.45) is 0.489. The SMILES string of the molecule is CNC1CCOCC1Oc1cccc(F)c1F. The van der Waals surface area contributed by atoms with Crippen molar-refractivity contribution < 1.29 is 18.3 Å². The molecular formula is C12H15F2NO2. The van der Waals surface area contributed by atoms with Crippen LogP contribution in [-0.4, -0.2) is 32.4 Å². The first-order chi connectivity index (χ1) is 8.22. The molecule has 1 aliphatic rings. The maximum Gasteiger partial charge on any atom is 0.200 e. The van der Waals surface area contributed by atoms with Gasteiger partial charge in [0, 0.05) is 12.6 Å². The van der Waals surface area contributed by atoms with Gasteiger partial charge in [-0.2, -0.15) is 4.39 Å². The lowest BCUT2D eigenvalue weighted by molar-refractivity contribution is -0.0146. The van der Waals surface area contributed by atoms with Crippen molar-refractivity contribution >= 4 is 0 Å². The van der Waals surface area contributed by atoms with E-state index in [4.69, 9.17) is 9.47 Å². The van der Waals surface area contributed by atoms with Crippen molar-refractivity contribution in [2.24, 2.45) is 0 Å². The Balaban J connectivity index is 2.11. The van der Waals surface area contributed by atoms with Crippen molar-refractivity contribution in [2.45, 2.75) is 18.6 Å². The number of ether oxygens (including phenoxy) is 2. The van der Waals surface area contributed by atoms with Crippen molar-refractivity contribution in [3.63, 3.8) is 0 Å². The molecule has 2 atom stereocenters. The molecule has 0 aromatic heterocycles. The lowest BCUT2D eigenvalue weighted by Gasteiger charge is -2.31. The molecule has 5 heteroatoms. The van der Waals surface area contributed by atoms with E-state index in [0.717, 1.165) is 12.5 Å². The van der Waals surface area contributed by atoms with Gasteiger partial charge in [0.15, 0.2) is 11.6 Å². The van der Waals surface area contributed by atoms with Crippen LogP contribution in [0.25, 0.3) is 0 Å². The fraction of sp³-hybridized carbons (Fsp3) is 0.500. The van der Waals surface area contributed by atoms with Crippen molar-refractivity contribution in [3.05, 3.63) is 29.8 Å². The quantitative estimate of drug-likeness (QED) is 0.876. The third-order valence-corrected chi connectivity index (χ3v) is 2.87. The third kappa shape index (κ3) is 2.73. The minimum absolute atomic E-state index is 0.0687. The zero-order valence-corrected chi connectivity index (χ0v) is 9.58. The molecule has 1 saturated heterocycles. The van der Waals surface area contributed by atoms with Gasteiger partial charge >= 0.3 is 0 Å². The Labute approximate surface area is 98.7 Å². The van der Waals surface area contributed by atoms with Gasteiger partial charge in [0.2, 0.25) is 5.82 Å². The van der Waals surface area contributed by atoms with E-state index in [-0.39, 0.29) is 17.9 Å². The zero-order valence-electron chi connectivity index (χ0n) is 9.58. The monoisotopic (exact) mass is 243 g/mol. The summed E-state index contributed by atoms with van der Waals surface area (Å²) < 4.78 is 37.2. The van der Waals surface area contributed by atoms with E-state index in [2.05, 4.69) is 5.32 Å². The second kappa shape index (κ2) is 5.42. The highest BCUT2D eigenvalue weighted by Gasteiger charge is 2.27. The molecule has 0 aliphatic carbocycles. The van der Waals surface area contributed by atoms with E-state index >= 15 is 0 Å². The molecule has 0 spiro atoms. The van der Waals surface area contributed by atoms with Crippen molar-refractivity contribution in [2.75, 3.05) is 20.3 Å². The minimum Gasteiger partial charge on any atom is -0.483 e. The summed E-state index contributed by atoms with van der Waals surface area (Å²) in [7, 11) is 1.81. The van der Waals surface area contributed by atoms with Crippen LogP contribution in [0.15, 0.2) is 18.2 Å². The number of halogens is 2. The molecule has 1 aromatic rings. The van der Waals surface area contributed by atoms with Crippen LogP contribution in [0, 0.1) is 11.6 Å². The molecule has 1 aromatic carbocycles. The Morgan fingerprint density at radius 1 is 1.41 bits per heavy atom. The smallest absolute Gasteiger partial charge is 0.200 e. The summed E-state index contributed by atoms with van der Waals surface area (Å²) in [4.78, 5) is 0. The van der Waals surface area contributed by atoms with Crippen LogP contribution in [-0.2, 0) is 4.74 Å². The topological polar surface area (TPSA) is 30.5 Å². The molecule has 0 amide bonds. The number of nitrogens with one attached hydrogen (secondary N) is 1. The molecule has 3 nitrogen and oxygen atoms in total. The van der Waals surface area contributed by atoms with Gasteiger partial charge in [0.05, 0.1) is 6.61 Å². The number of hydrogen-bond acceptors (Lipinski definition) is 3. The van der Waals surface area contributed by atoms with E-state index in [0.29, 0.717) is 13.2 Å². The maximum absolute atomic E-state index is 13.4. The van der Waals surface area contributed by atoms with Gasteiger partial charge < -0.3 is 14.8 Å². The number of rotatable bonds is 3. The Bertz CT molecular complexity index is 387. The summed E-state index contributed by atoms with van der Waals surface area (Å²) in [5, 5.41) is 3.09. The summed E-state index contributed by atoms with van der Waals surface area (Å²) in [5.41, 5.74) is 0. The summed E-state index contributed by atoms with van der Waals surface area (Å²) in [6, 6.07) is 3.99. The molecule has 1 N–H and O–H groups in total. The van der Waals surface area contributed by atoms with E-state index < -0.39 is 11.6 Å². The van der Waals surface area contributed by atoms with Crippen molar-refractivity contribution in [3.8, 4) is 5.75 Å². The maximum atomic E-state index is 13.4. The van der Waals surface area contributed by atoms with Gasteiger partial charge in [-0.1, -0.05) is 6.07 Å². The summed E-state index contributed by atoms with van der Waals surface area (Å²) in [6.45, 7) is 1.03. The molecule has 94 valence electrons. The van der Waals surface area contributed by atoms with Crippen LogP contribution in [0.3, 0.4) is 0 Å². The van der Waals surface area contributed by atoms with Gasteiger partial charge in [-0.05, 0) is 25.6 Å². The van der Waals surface area contributed by atoms with E-state index in [1.807, 2.05) is 7.05 Å². The van der Waals surface area contributed by atoms with Crippen LogP contribution in [0.1, 0.15) is 6.42 Å². The average Bonchev–Trinajstić information content (AvgIpc) is 2.35. The zero-order chi connectivity index (χ0) is 12.3. The largest absolute Gasteiger partial charge is 0.483 e. The lowest BCUT2D eigenvalue weighted by Crippen LogP contribution is -2.48. The van der Waals surface area contributed by atoms with E-state index in [9.17, 15) is 8.78 Å². The molecular weight excluding hydrogens is 228 g/mol. The molecule has 1 aliphatic heterocycles. The molecule has 1 fully saturated rings. The summed E-state index contributed by atoms with van der Waals surface area (Å²) >= 11 is 0. The highest BCUT2D eigenvalue weighted by Crippen LogP contribution is 2.22. The predicted molar refractivity (Wildman–Crippen MR) is 59.1 cm³/mol. The Morgan fingerprint density at radius 3 is 3.00 bits per heavy atom. The molecule has 0 bridgehead atoms. The van der Waals surface area contributed by atoms with Crippen molar-refractivity contribution in [1.82, 2.24) is 5.32 Å². The van der Waals surface area contributed by atoms with Crippen molar-refractivity contribution in [1.29, 1.82) is 0 Å². The predicted octanol–water partition coefficient (Wildman–Crippen LogP) is 1.72. The van der Waals surface area contributed by atoms with Gasteiger partial charge in [-0.15, -0.1) is 0 Å². The fourth-order valence-electron chi connectivity index (χ4n) is 1.90. The minimum atomic E-state index is -0.951. The van der Waals surface area contributed by atoms with Gasteiger partial charge in [0.25, 0.3) is 0 Å². The second-order valence-electron chi connectivity index (χ2n) is 3.97. The first kappa shape index (κ1) is 12.3. The first-order valence-corrected chi connectivity index (χ1v) is 5.58. The molecule has 0 radical (unpaired) electrons. The number of benzene rings is 1. The van der Waals surface area contributed by atoms with Crippen LogP contribution in [0.4, 0.5) is 8.78 Å². The van der Waals surface area contributed by atoms with E-state index in [1.54, 1.807) is 0 Å². The molecule has 1 heterocycles. The molecule has 0 saturated carbocycles. The molecule has 17 heavy (non-hydrogen) atoms. The Morgan fingerprint density at radius 2 is 2.24 bits per heavy atom. The lowest BCUT2D eigenvalue weighted by atomic mass is 10.1. The van der Waals surface area contributed by atoms with Crippen LogP contribution in [0.5, 0.6) is 5.75 Å². The highest BCUT2D eigenvalue weighted by molar-refractivity contribution is 5.25.